The van der Waals surface area contributed by atoms with Gasteiger partial charge in [0, 0.05) is 0 Å². The maximum absolute atomic E-state index is 10.5. The first kappa shape index (κ1) is 10.3. The van der Waals surface area contributed by atoms with E-state index in [0.29, 0.717) is 11.8 Å². The molecule has 0 amide bonds. The molecule has 2 fully saturated rings. The van der Waals surface area contributed by atoms with Crippen molar-refractivity contribution >= 4 is 0 Å². The summed E-state index contributed by atoms with van der Waals surface area (Å²) in [6.45, 7) is 0. The lowest BCUT2D eigenvalue weighted by molar-refractivity contribution is -0.0212. The van der Waals surface area contributed by atoms with Gasteiger partial charge in [0.1, 0.15) is 0 Å². The molecule has 1 heteroatoms. The van der Waals surface area contributed by atoms with E-state index in [1.165, 1.54) is 18.4 Å². The number of hydrogen-bond acceptors (Lipinski definition) is 1. The van der Waals surface area contributed by atoms with Crippen molar-refractivity contribution in [1.82, 2.24) is 0 Å². The second kappa shape index (κ2) is 3.89. The van der Waals surface area contributed by atoms with Crippen LogP contribution in [0, 0.1) is 5.92 Å². The van der Waals surface area contributed by atoms with E-state index in [-0.39, 0.29) is 5.60 Å². The molecule has 0 unspecified atom stereocenters. The molecule has 2 saturated carbocycles. The van der Waals surface area contributed by atoms with Crippen LogP contribution in [0.1, 0.15) is 50.0 Å². The minimum absolute atomic E-state index is 0.300. The van der Waals surface area contributed by atoms with Crippen molar-refractivity contribution in [2.75, 3.05) is 0 Å². The van der Waals surface area contributed by atoms with Gasteiger partial charge in [0.25, 0.3) is 0 Å². The molecule has 0 bridgehead atoms. The third kappa shape index (κ3) is 1.89. The van der Waals surface area contributed by atoms with Crippen molar-refractivity contribution in [3.63, 3.8) is 0 Å². The molecular formula is C15H20O. The Morgan fingerprint density at radius 2 is 1.56 bits per heavy atom. The molecule has 0 heterocycles. The fourth-order valence-corrected chi connectivity index (χ4v) is 3.21. The molecule has 86 valence electrons. The SMILES string of the molecule is OC1(C2CC2)CCC(c2ccccc2)CC1. The lowest BCUT2D eigenvalue weighted by Crippen LogP contribution is -2.35. The monoisotopic (exact) mass is 216 g/mol. The third-order valence-electron chi connectivity index (χ3n) is 4.46. The van der Waals surface area contributed by atoms with E-state index in [2.05, 4.69) is 30.3 Å². The first-order valence-electron chi connectivity index (χ1n) is 6.55. The second-order valence-corrected chi connectivity index (χ2v) is 5.56. The highest BCUT2D eigenvalue weighted by molar-refractivity contribution is 5.20. The molecule has 1 aromatic carbocycles. The number of hydrogen-bond donors (Lipinski definition) is 1. The van der Waals surface area contributed by atoms with Crippen LogP contribution in [0.5, 0.6) is 0 Å². The van der Waals surface area contributed by atoms with E-state index in [0.717, 1.165) is 25.7 Å². The first-order chi connectivity index (χ1) is 7.78. The van der Waals surface area contributed by atoms with E-state index in [9.17, 15) is 5.11 Å². The second-order valence-electron chi connectivity index (χ2n) is 5.56. The van der Waals surface area contributed by atoms with Gasteiger partial charge in [-0.1, -0.05) is 30.3 Å². The van der Waals surface area contributed by atoms with E-state index in [1.54, 1.807) is 0 Å². The van der Waals surface area contributed by atoms with Gasteiger partial charge in [0.05, 0.1) is 5.60 Å². The average molecular weight is 216 g/mol. The topological polar surface area (TPSA) is 20.2 Å². The predicted molar refractivity (Wildman–Crippen MR) is 65.3 cm³/mol. The van der Waals surface area contributed by atoms with Gasteiger partial charge < -0.3 is 5.11 Å². The zero-order valence-electron chi connectivity index (χ0n) is 9.73. The standard InChI is InChI=1S/C15H20O/c16-15(14-6-7-14)10-8-13(9-11-15)12-4-2-1-3-5-12/h1-5,13-14,16H,6-11H2. The lowest BCUT2D eigenvalue weighted by atomic mass is 9.74. The summed E-state index contributed by atoms with van der Waals surface area (Å²) in [5.74, 6) is 1.31. The molecule has 3 rings (SSSR count). The maximum Gasteiger partial charge on any atom is 0.0676 e. The number of benzene rings is 1. The summed E-state index contributed by atoms with van der Waals surface area (Å²) in [7, 11) is 0. The zero-order valence-corrected chi connectivity index (χ0v) is 9.73. The molecular weight excluding hydrogens is 196 g/mol. The molecule has 1 nitrogen and oxygen atoms in total. The predicted octanol–water partition coefficient (Wildman–Crippen LogP) is 3.49. The van der Waals surface area contributed by atoms with Crippen LogP contribution in [0.15, 0.2) is 30.3 Å². The van der Waals surface area contributed by atoms with E-state index in [4.69, 9.17) is 0 Å². The fourth-order valence-electron chi connectivity index (χ4n) is 3.21. The van der Waals surface area contributed by atoms with Crippen molar-refractivity contribution in [3.05, 3.63) is 35.9 Å². The molecule has 0 saturated heterocycles. The van der Waals surface area contributed by atoms with Crippen molar-refractivity contribution in [1.29, 1.82) is 0 Å². The quantitative estimate of drug-likeness (QED) is 0.802. The van der Waals surface area contributed by atoms with Gasteiger partial charge in [-0.05, 0) is 55.9 Å². The van der Waals surface area contributed by atoms with Crippen LogP contribution in [-0.2, 0) is 0 Å². The Hall–Kier alpha value is -0.820. The van der Waals surface area contributed by atoms with Gasteiger partial charge in [-0.15, -0.1) is 0 Å². The van der Waals surface area contributed by atoms with Gasteiger partial charge >= 0.3 is 0 Å². The molecule has 0 aromatic heterocycles. The molecule has 0 atom stereocenters. The molecule has 1 aromatic rings. The van der Waals surface area contributed by atoms with E-state index >= 15 is 0 Å². The maximum atomic E-state index is 10.5. The van der Waals surface area contributed by atoms with Crippen LogP contribution in [-0.4, -0.2) is 10.7 Å². The average Bonchev–Trinajstić information content (AvgIpc) is 3.15. The van der Waals surface area contributed by atoms with Crippen LogP contribution in [0.3, 0.4) is 0 Å². The Morgan fingerprint density at radius 1 is 0.938 bits per heavy atom. The Labute approximate surface area is 97.5 Å². The normalized spacial score (nSPS) is 34.9. The van der Waals surface area contributed by atoms with Gasteiger partial charge in [0.2, 0.25) is 0 Å². The first-order valence-corrected chi connectivity index (χ1v) is 6.55. The van der Waals surface area contributed by atoms with Crippen LogP contribution >= 0.6 is 0 Å². The minimum atomic E-state index is -0.300. The van der Waals surface area contributed by atoms with Gasteiger partial charge in [-0.25, -0.2) is 0 Å². The Bertz CT molecular complexity index is 345. The summed E-state index contributed by atoms with van der Waals surface area (Å²) < 4.78 is 0. The van der Waals surface area contributed by atoms with Crippen LogP contribution < -0.4 is 0 Å². The fraction of sp³-hybridized carbons (Fsp3) is 0.600. The van der Waals surface area contributed by atoms with Crippen molar-refractivity contribution in [3.8, 4) is 0 Å². The highest BCUT2D eigenvalue weighted by Crippen LogP contribution is 2.49. The number of rotatable bonds is 2. The molecule has 1 N–H and O–H groups in total. The Balaban J connectivity index is 1.66. The number of aliphatic hydroxyl groups is 1. The molecule has 2 aliphatic rings. The van der Waals surface area contributed by atoms with Crippen LogP contribution in [0.4, 0.5) is 0 Å². The molecule has 16 heavy (non-hydrogen) atoms. The van der Waals surface area contributed by atoms with E-state index in [1.807, 2.05) is 0 Å². The van der Waals surface area contributed by atoms with Crippen LogP contribution in [0.25, 0.3) is 0 Å². The minimum Gasteiger partial charge on any atom is -0.390 e. The largest absolute Gasteiger partial charge is 0.390 e. The molecule has 0 aliphatic heterocycles. The van der Waals surface area contributed by atoms with Gasteiger partial charge in [-0.2, -0.15) is 0 Å². The zero-order chi connectivity index (χ0) is 11.0. The van der Waals surface area contributed by atoms with Gasteiger partial charge in [-0.3, -0.25) is 0 Å². The summed E-state index contributed by atoms with van der Waals surface area (Å²) in [4.78, 5) is 0. The summed E-state index contributed by atoms with van der Waals surface area (Å²) >= 11 is 0. The van der Waals surface area contributed by atoms with E-state index < -0.39 is 0 Å². The summed E-state index contributed by atoms with van der Waals surface area (Å²) in [6.07, 6.45) is 6.86. The highest BCUT2D eigenvalue weighted by Gasteiger charge is 2.45. The molecule has 2 aliphatic carbocycles. The Morgan fingerprint density at radius 3 is 2.12 bits per heavy atom. The van der Waals surface area contributed by atoms with Crippen LogP contribution in [0.2, 0.25) is 0 Å². The molecule has 0 radical (unpaired) electrons. The van der Waals surface area contributed by atoms with Crippen molar-refractivity contribution in [2.24, 2.45) is 5.92 Å². The summed E-state index contributed by atoms with van der Waals surface area (Å²) in [5.41, 5.74) is 1.16. The third-order valence-corrected chi connectivity index (χ3v) is 4.46. The van der Waals surface area contributed by atoms with Crippen molar-refractivity contribution < 1.29 is 5.11 Å². The highest BCUT2D eigenvalue weighted by atomic mass is 16.3. The van der Waals surface area contributed by atoms with Crippen molar-refractivity contribution in [2.45, 2.75) is 50.0 Å². The van der Waals surface area contributed by atoms with Gasteiger partial charge in [0.15, 0.2) is 0 Å². The summed E-state index contributed by atoms with van der Waals surface area (Å²) in [5, 5.41) is 10.5. The Kier molecular flexibility index (Phi) is 2.51. The lowest BCUT2D eigenvalue weighted by Gasteiger charge is -2.36. The summed E-state index contributed by atoms with van der Waals surface area (Å²) in [6, 6.07) is 10.8. The smallest absolute Gasteiger partial charge is 0.0676 e. The molecule has 0 spiro atoms.